The molecule has 0 saturated carbocycles. The van der Waals surface area contributed by atoms with Crippen molar-refractivity contribution in [2.45, 2.75) is 18.4 Å². The molecule has 3 rings (SSSR count). The van der Waals surface area contributed by atoms with Crippen LogP contribution in [0.4, 0.5) is 26.1 Å². The average Bonchev–Trinajstić information content (AvgIpc) is 3.24. The van der Waals surface area contributed by atoms with Crippen molar-refractivity contribution < 1.29 is 21.7 Å². The lowest BCUT2D eigenvalue weighted by Crippen LogP contribution is -2.22. The molecule has 1 heterocycles. The van der Waals surface area contributed by atoms with Crippen molar-refractivity contribution in [1.29, 1.82) is 0 Å². The maximum Gasteiger partial charge on any atom is 0.277 e. The third-order valence-corrected chi connectivity index (χ3v) is 5.88. The van der Waals surface area contributed by atoms with E-state index in [4.69, 9.17) is 11.6 Å². The number of hydrogen-bond donors (Lipinski definition) is 4. The van der Waals surface area contributed by atoms with Crippen molar-refractivity contribution >= 4 is 38.9 Å². The first kappa shape index (κ1) is 23.7. The van der Waals surface area contributed by atoms with Crippen LogP contribution >= 0.6 is 11.6 Å². The second-order valence-corrected chi connectivity index (χ2v) is 8.65. The highest BCUT2D eigenvalue weighted by Gasteiger charge is 2.23. The monoisotopic (exact) mass is 486 g/mol. The van der Waals surface area contributed by atoms with Crippen LogP contribution in [-0.4, -0.2) is 38.2 Å². The van der Waals surface area contributed by atoms with Gasteiger partial charge in [-0.05, 0) is 35.5 Å². The molecule has 0 aliphatic heterocycles. The van der Waals surface area contributed by atoms with E-state index in [9.17, 15) is 17.2 Å². The molecule has 0 unspecified atom stereocenters. The van der Waals surface area contributed by atoms with Gasteiger partial charge in [-0.15, -0.1) is 0 Å². The summed E-state index contributed by atoms with van der Waals surface area (Å²) in [6, 6.07) is 6.53. The van der Waals surface area contributed by atoms with E-state index in [-0.39, 0.29) is 12.2 Å². The highest BCUT2D eigenvalue weighted by molar-refractivity contribution is 7.92. The number of aromatic nitrogens is 2. The topological polar surface area (TPSA) is 121 Å². The lowest BCUT2D eigenvalue weighted by atomic mass is 10.1. The number of nitrogens with one attached hydrogen (secondary N) is 4. The molecule has 0 spiro atoms. The van der Waals surface area contributed by atoms with Gasteiger partial charge in [-0.25, -0.2) is 21.9 Å². The molecule has 13 heteroatoms. The van der Waals surface area contributed by atoms with Gasteiger partial charge in [-0.2, -0.15) is 4.98 Å². The van der Waals surface area contributed by atoms with Crippen LogP contribution in [0.1, 0.15) is 12.5 Å². The van der Waals surface area contributed by atoms with Crippen LogP contribution in [0.3, 0.4) is 0 Å². The van der Waals surface area contributed by atoms with Gasteiger partial charge in [0.2, 0.25) is 6.39 Å². The predicted octanol–water partition coefficient (Wildman–Crippen LogP) is 3.44. The quantitative estimate of drug-likeness (QED) is 0.304. The Morgan fingerprint density at radius 3 is 2.59 bits per heavy atom. The zero-order valence-electron chi connectivity index (χ0n) is 17.0. The summed E-state index contributed by atoms with van der Waals surface area (Å²) in [7, 11) is -4.46. The third kappa shape index (κ3) is 6.05. The minimum absolute atomic E-state index is 0.143. The van der Waals surface area contributed by atoms with E-state index in [0.717, 1.165) is 36.8 Å². The van der Waals surface area contributed by atoms with Crippen LogP contribution < -0.4 is 20.7 Å². The van der Waals surface area contributed by atoms with Crippen LogP contribution in [0.2, 0.25) is 5.02 Å². The molecule has 0 saturated heterocycles. The molecule has 0 radical (unpaired) electrons. The number of likely N-dealkylation sites (N-methyl/N-ethyl adjacent to an activating group) is 1. The summed E-state index contributed by atoms with van der Waals surface area (Å²) in [5.41, 5.74) is 1.31. The Bertz CT molecular complexity index is 1160. The smallest absolute Gasteiger partial charge is 0.277 e. The van der Waals surface area contributed by atoms with E-state index in [1.807, 2.05) is 11.6 Å². The Balaban J connectivity index is 1.74. The van der Waals surface area contributed by atoms with Crippen molar-refractivity contribution in [3.05, 3.63) is 58.9 Å². The molecule has 0 aliphatic carbocycles. The van der Waals surface area contributed by atoms with Gasteiger partial charge in [0, 0.05) is 36.4 Å². The fourth-order valence-corrected chi connectivity index (χ4v) is 3.97. The first-order valence-electron chi connectivity index (χ1n) is 9.55. The largest absolute Gasteiger partial charge is 0.383 e. The molecule has 0 amide bonds. The van der Waals surface area contributed by atoms with E-state index < -0.39 is 32.5 Å². The van der Waals surface area contributed by atoms with Gasteiger partial charge in [-0.1, -0.05) is 24.6 Å². The highest BCUT2D eigenvalue weighted by atomic mass is 35.5. The minimum atomic E-state index is -4.46. The molecule has 3 aromatic rings. The molecule has 1 aromatic heterocycles. The summed E-state index contributed by atoms with van der Waals surface area (Å²) < 4.78 is 60.0. The van der Waals surface area contributed by atoms with Crippen molar-refractivity contribution in [2.24, 2.45) is 0 Å². The Morgan fingerprint density at radius 1 is 1.06 bits per heavy atom. The molecule has 172 valence electrons. The summed E-state index contributed by atoms with van der Waals surface area (Å²) in [5, 5.41) is 13.0. The van der Waals surface area contributed by atoms with Gasteiger partial charge in [0.25, 0.3) is 16.0 Å². The molecule has 4 N–H and O–H groups in total. The van der Waals surface area contributed by atoms with Gasteiger partial charge in [0.15, 0.2) is 0 Å². The fourth-order valence-electron chi connectivity index (χ4n) is 2.78. The lowest BCUT2D eigenvalue weighted by Gasteiger charge is -2.15. The summed E-state index contributed by atoms with van der Waals surface area (Å²) in [5.74, 6) is -2.50. The average molecular weight is 487 g/mol. The molecular formula is C19H21ClF2N6O3S. The Kier molecular flexibility index (Phi) is 7.83. The van der Waals surface area contributed by atoms with Crippen LogP contribution in [0.15, 0.2) is 46.1 Å². The SMILES string of the molecule is CCNCCNc1cc(Cl)ccc1CNc1cc(F)c(S(=O)(=O)Nc2ncon2)cc1F. The van der Waals surface area contributed by atoms with Crippen LogP contribution in [-0.2, 0) is 16.6 Å². The van der Waals surface area contributed by atoms with E-state index in [1.54, 1.807) is 18.2 Å². The normalized spacial score (nSPS) is 11.4. The van der Waals surface area contributed by atoms with E-state index in [1.165, 1.54) is 0 Å². The molecule has 0 atom stereocenters. The zero-order chi connectivity index (χ0) is 23.1. The number of halogens is 3. The van der Waals surface area contributed by atoms with Crippen molar-refractivity contribution in [3.8, 4) is 0 Å². The van der Waals surface area contributed by atoms with Crippen molar-refractivity contribution in [2.75, 3.05) is 35.0 Å². The Hall–Kier alpha value is -2.96. The molecular weight excluding hydrogens is 466 g/mol. The maximum atomic E-state index is 14.6. The number of nitrogens with zero attached hydrogens (tertiary/aromatic N) is 2. The summed E-state index contributed by atoms with van der Waals surface area (Å²) in [6.45, 7) is 4.37. The Morgan fingerprint density at radius 2 is 1.88 bits per heavy atom. The molecule has 0 bridgehead atoms. The number of hydrogen-bond acceptors (Lipinski definition) is 8. The van der Waals surface area contributed by atoms with Crippen LogP contribution in [0.25, 0.3) is 0 Å². The van der Waals surface area contributed by atoms with Gasteiger partial charge in [0.1, 0.15) is 16.5 Å². The number of rotatable bonds is 11. The summed E-state index contributed by atoms with van der Waals surface area (Å²) in [4.78, 5) is 2.60. The van der Waals surface area contributed by atoms with E-state index in [0.29, 0.717) is 17.6 Å². The third-order valence-electron chi connectivity index (χ3n) is 4.31. The van der Waals surface area contributed by atoms with Crippen molar-refractivity contribution in [3.63, 3.8) is 0 Å². The summed E-state index contributed by atoms with van der Waals surface area (Å²) >= 11 is 6.07. The van der Waals surface area contributed by atoms with Gasteiger partial charge < -0.3 is 20.5 Å². The van der Waals surface area contributed by atoms with E-state index >= 15 is 0 Å². The summed E-state index contributed by atoms with van der Waals surface area (Å²) in [6.07, 6.45) is 0.891. The molecule has 0 aliphatic rings. The first-order chi connectivity index (χ1) is 15.3. The number of sulfonamides is 1. The van der Waals surface area contributed by atoms with Gasteiger partial charge in [-0.3, -0.25) is 0 Å². The first-order valence-corrected chi connectivity index (χ1v) is 11.4. The second kappa shape index (κ2) is 10.6. The predicted molar refractivity (Wildman–Crippen MR) is 117 cm³/mol. The minimum Gasteiger partial charge on any atom is -0.383 e. The highest BCUT2D eigenvalue weighted by Crippen LogP contribution is 2.26. The van der Waals surface area contributed by atoms with Gasteiger partial charge in [0.05, 0.1) is 5.69 Å². The van der Waals surface area contributed by atoms with Crippen LogP contribution in [0, 0.1) is 11.6 Å². The van der Waals surface area contributed by atoms with Crippen molar-refractivity contribution in [1.82, 2.24) is 15.5 Å². The molecule has 2 aromatic carbocycles. The fraction of sp³-hybridized carbons (Fsp3) is 0.263. The van der Waals surface area contributed by atoms with E-state index in [2.05, 4.69) is 30.6 Å². The molecule has 9 nitrogen and oxygen atoms in total. The maximum absolute atomic E-state index is 14.6. The number of benzene rings is 2. The standard InChI is InChI=1S/C19H21ClF2N6O3S/c1-2-23-5-6-24-16-7-13(20)4-3-12(16)10-25-17-8-15(22)18(9-14(17)21)32(29,30)28-19-26-11-31-27-19/h3-4,7-9,11,23-25H,2,5-6,10H2,1H3,(H,27,28). The van der Waals surface area contributed by atoms with Gasteiger partial charge >= 0.3 is 0 Å². The molecule has 0 fully saturated rings. The van der Waals surface area contributed by atoms with Crippen LogP contribution in [0.5, 0.6) is 0 Å². The number of anilines is 3. The Labute approximate surface area is 188 Å². The zero-order valence-corrected chi connectivity index (χ0v) is 18.5. The lowest BCUT2D eigenvalue weighted by molar-refractivity contribution is 0.419. The second-order valence-electron chi connectivity index (χ2n) is 6.56. The molecule has 32 heavy (non-hydrogen) atoms.